The van der Waals surface area contributed by atoms with E-state index in [1.807, 2.05) is 4.90 Å². The number of aliphatic hydroxyl groups is 1. The summed E-state index contributed by atoms with van der Waals surface area (Å²) in [5, 5.41) is 24.5. The van der Waals surface area contributed by atoms with Crippen molar-refractivity contribution in [3.63, 3.8) is 0 Å². The van der Waals surface area contributed by atoms with Gasteiger partial charge >= 0.3 is 6.09 Å². The Morgan fingerprint density at radius 3 is 2.67 bits per heavy atom. The molecule has 0 bridgehead atoms. The fraction of sp³-hybridized carbons (Fsp3) is 0.485. The van der Waals surface area contributed by atoms with E-state index < -0.39 is 29.4 Å². The topological polar surface area (TPSA) is 140 Å². The predicted molar refractivity (Wildman–Crippen MR) is 177 cm³/mol. The van der Waals surface area contributed by atoms with Crippen LogP contribution in [0, 0.1) is 23.0 Å². The summed E-state index contributed by atoms with van der Waals surface area (Å²) >= 11 is 0.847. The number of halogens is 2. The van der Waals surface area contributed by atoms with Gasteiger partial charge in [-0.25, -0.2) is 23.5 Å². The number of anilines is 2. The third-order valence-electron chi connectivity index (χ3n) is 9.17. The molecule has 6 heterocycles. The molecule has 2 saturated heterocycles. The Hall–Kier alpha value is -4.07. The van der Waals surface area contributed by atoms with Crippen LogP contribution >= 0.6 is 11.3 Å². The molecule has 3 aliphatic heterocycles. The summed E-state index contributed by atoms with van der Waals surface area (Å²) in [5.41, 5.74) is 0.441. The Bertz CT molecular complexity index is 1990. The monoisotopic (exact) mass is 678 g/mol. The predicted octanol–water partition coefficient (Wildman–Crippen LogP) is 4.62. The van der Waals surface area contributed by atoms with Crippen LogP contribution in [-0.2, 0) is 22.7 Å². The second-order valence-corrected chi connectivity index (χ2v) is 14.7. The Balaban J connectivity index is 1.32. The van der Waals surface area contributed by atoms with Gasteiger partial charge in [-0.3, -0.25) is 15.2 Å². The van der Waals surface area contributed by atoms with Gasteiger partial charge in [-0.1, -0.05) is 0 Å². The first kappa shape index (κ1) is 32.5. The van der Waals surface area contributed by atoms with Crippen LogP contribution in [0.15, 0.2) is 12.4 Å². The van der Waals surface area contributed by atoms with Crippen molar-refractivity contribution in [3.05, 3.63) is 40.7 Å². The van der Waals surface area contributed by atoms with Gasteiger partial charge in [-0.2, -0.15) is 5.26 Å². The molecule has 0 aliphatic carbocycles. The van der Waals surface area contributed by atoms with E-state index >= 15 is 8.78 Å². The highest BCUT2D eigenvalue weighted by Gasteiger charge is 2.40. The highest BCUT2D eigenvalue weighted by atomic mass is 32.1. The lowest BCUT2D eigenvalue weighted by Gasteiger charge is -2.42. The van der Waals surface area contributed by atoms with Gasteiger partial charge in [0, 0.05) is 61.3 Å². The van der Waals surface area contributed by atoms with Gasteiger partial charge in [0.25, 0.3) is 0 Å². The van der Waals surface area contributed by atoms with Crippen LogP contribution in [0.2, 0.25) is 0 Å². The number of nitrogens with zero attached hydrogens (tertiary/aromatic N) is 7. The molecular weight excluding hydrogens is 642 g/mol. The van der Waals surface area contributed by atoms with E-state index in [2.05, 4.69) is 45.1 Å². The molecule has 252 valence electrons. The summed E-state index contributed by atoms with van der Waals surface area (Å²) in [7, 11) is 2.09. The molecule has 3 aliphatic rings. The number of hydrogen-bond acceptors (Lipinski definition) is 12. The molecular formula is C33H36F2N8O4S. The molecule has 48 heavy (non-hydrogen) atoms. The number of fused-ring (bicyclic) bond motifs is 4. The minimum atomic E-state index is -0.813. The molecule has 0 radical (unpaired) electrons. The van der Waals surface area contributed by atoms with Crippen molar-refractivity contribution < 1.29 is 28.2 Å². The standard InChI is InChI=1S/C33H36F2N8O4S/c1-16-11-41(5)6-7-43(16)22-12-42(13-23(22)44)31-38-9-18-19-14-46-15-20(19)24(26(35)27(18)39-31)28-25-17(8-36)30(40-32(45)47-33(2,3)4)48-29(25)21(34)10-37-28/h9-10,16,22-23,44H,6-7,11-15H2,1-5H3,(H,40,45)/t16-,22?,23?/m0/s1. The highest BCUT2D eigenvalue weighted by Crippen LogP contribution is 2.46. The number of rotatable bonds is 4. The fourth-order valence-electron chi connectivity index (χ4n) is 7.06. The maximum atomic E-state index is 16.9. The Kier molecular flexibility index (Phi) is 8.20. The van der Waals surface area contributed by atoms with Crippen molar-refractivity contribution in [2.45, 2.75) is 64.7 Å². The van der Waals surface area contributed by atoms with Gasteiger partial charge in [-0.05, 0) is 45.9 Å². The number of benzene rings is 1. The van der Waals surface area contributed by atoms with Crippen LogP contribution < -0.4 is 10.2 Å². The molecule has 2 unspecified atom stereocenters. The number of aromatic nitrogens is 3. The Morgan fingerprint density at radius 1 is 1.17 bits per heavy atom. The van der Waals surface area contributed by atoms with Crippen molar-refractivity contribution >= 4 is 49.4 Å². The number of ether oxygens (including phenoxy) is 2. The summed E-state index contributed by atoms with van der Waals surface area (Å²) in [6, 6.07) is 2.19. The summed E-state index contributed by atoms with van der Waals surface area (Å²) < 4.78 is 43.3. The molecule has 2 N–H and O–H groups in total. The zero-order valence-electron chi connectivity index (χ0n) is 27.3. The van der Waals surface area contributed by atoms with Crippen LogP contribution in [0.1, 0.15) is 44.4 Å². The Morgan fingerprint density at radius 2 is 1.94 bits per heavy atom. The number of carbonyl (C=O) groups excluding carboxylic acids is 1. The average Bonchev–Trinajstić information content (AvgIpc) is 3.75. The molecule has 3 aromatic heterocycles. The largest absolute Gasteiger partial charge is 0.444 e. The third kappa shape index (κ3) is 5.61. The van der Waals surface area contributed by atoms with Gasteiger partial charge in [-0.15, -0.1) is 11.3 Å². The summed E-state index contributed by atoms with van der Waals surface area (Å²) in [5.74, 6) is -1.15. The van der Waals surface area contributed by atoms with E-state index in [0.29, 0.717) is 29.6 Å². The van der Waals surface area contributed by atoms with Crippen LogP contribution in [-0.4, -0.2) is 99.5 Å². The molecule has 15 heteroatoms. The number of thiophene rings is 1. The Labute approximate surface area is 279 Å². The van der Waals surface area contributed by atoms with E-state index in [9.17, 15) is 15.2 Å². The number of likely N-dealkylation sites (N-methyl/N-ethyl adjacent to an activating group) is 1. The first-order chi connectivity index (χ1) is 22.8. The van der Waals surface area contributed by atoms with Gasteiger partial charge in [0.15, 0.2) is 11.6 Å². The minimum absolute atomic E-state index is 0.0327. The average molecular weight is 679 g/mol. The number of hydrogen-bond donors (Lipinski definition) is 2. The first-order valence-corrected chi connectivity index (χ1v) is 16.6. The molecule has 0 saturated carbocycles. The van der Waals surface area contributed by atoms with Crippen molar-refractivity contribution in [1.82, 2.24) is 24.8 Å². The minimum Gasteiger partial charge on any atom is -0.444 e. The van der Waals surface area contributed by atoms with Crippen molar-refractivity contribution in [2.24, 2.45) is 0 Å². The number of pyridine rings is 1. The summed E-state index contributed by atoms with van der Waals surface area (Å²) in [6.07, 6.45) is 1.12. The van der Waals surface area contributed by atoms with Gasteiger partial charge < -0.3 is 24.4 Å². The number of β-amino-alcohol motifs (C(OH)–C–C–N with tert-alkyl or cyclic N) is 1. The second kappa shape index (κ2) is 12.1. The molecule has 4 aromatic rings. The van der Waals surface area contributed by atoms with Crippen molar-refractivity contribution in [1.29, 1.82) is 5.26 Å². The lowest BCUT2D eigenvalue weighted by molar-refractivity contribution is 0.0182. The lowest BCUT2D eigenvalue weighted by Crippen LogP contribution is -2.57. The van der Waals surface area contributed by atoms with E-state index in [-0.39, 0.29) is 68.7 Å². The third-order valence-corrected chi connectivity index (χ3v) is 10.3. The van der Waals surface area contributed by atoms with Crippen LogP contribution in [0.5, 0.6) is 0 Å². The number of amides is 1. The van der Waals surface area contributed by atoms with Crippen molar-refractivity contribution in [3.8, 4) is 17.3 Å². The van der Waals surface area contributed by atoms with Crippen molar-refractivity contribution in [2.75, 3.05) is 50.0 Å². The molecule has 1 aromatic carbocycles. The van der Waals surface area contributed by atoms with Gasteiger partial charge in [0.2, 0.25) is 5.95 Å². The molecule has 2 fully saturated rings. The molecule has 12 nitrogen and oxygen atoms in total. The molecule has 0 spiro atoms. The molecule has 7 rings (SSSR count). The maximum absolute atomic E-state index is 16.9. The number of nitriles is 1. The maximum Gasteiger partial charge on any atom is 0.412 e. The zero-order chi connectivity index (χ0) is 34.1. The van der Waals surface area contributed by atoms with Gasteiger partial charge in [0.1, 0.15) is 22.2 Å². The summed E-state index contributed by atoms with van der Waals surface area (Å²) in [6.45, 7) is 10.9. The molecule has 3 atom stereocenters. The zero-order valence-corrected chi connectivity index (χ0v) is 28.1. The number of piperazine rings is 1. The van der Waals surface area contributed by atoms with Crippen LogP contribution in [0.25, 0.3) is 32.2 Å². The van der Waals surface area contributed by atoms with Crippen LogP contribution in [0.3, 0.4) is 0 Å². The van der Waals surface area contributed by atoms with E-state index in [4.69, 9.17) is 14.5 Å². The first-order valence-electron chi connectivity index (χ1n) is 15.8. The number of aliphatic hydroxyl groups excluding tert-OH is 1. The van der Waals surface area contributed by atoms with Crippen LogP contribution in [0.4, 0.5) is 24.5 Å². The number of carbonyl (C=O) groups is 1. The SMILES string of the molecule is C[C@H]1CN(C)CCN1C1CN(c2ncc3c4c(c(-c5ncc(F)c6sc(NC(=O)OC(C)(C)C)c(C#N)c56)c(F)c3n2)COC4)CC1O. The van der Waals surface area contributed by atoms with E-state index in [1.165, 1.54) is 0 Å². The smallest absolute Gasteiger partial charge is 0.412 e. The molecule has 1 amide bonds. The summed E-state index contributed by atoms with van der Waals surface area (Å²) in [4.78, 5) is 32.7. The number of nitrogens with one attached hydrogen (secondary N) is 1. The van der Waals surface area contributed by atoms with E-state index in [0.717, 1.165) is 37.2 Å². The highest BCUT2D eigenvalue weighted by molar-refractivity contribution is 7.23. The fourth-order valence-corrected chi connectivity index (χ4v) is 8.10. The van der Waals surface area contributed by atoms with E-state index in [1.54, 1.807) is 27.0 Å². The second-order valence-electron chi connectivity index (χ2n) is 13.7. The normalized spacial score (nSPS) is 22.0. The lowest BCUT2D eigenvalue weighted by atomic mass is 9.94. The van der Waals surface area contributed by atoms with Gasteiger partial charge in [0.05, 0.1) is 47.5 Å². The quantitative estimate of drug-likeness (QED) is 0.313.